The van der Waals surface area contributed by atoms with Crippen LogP contribution in [-0.4, -0.2) is 22.8 Å². The molecule has 0 aliphatic rings. The van der Waals surface area contributed by atoms with E-state index in [1.165, 1.54) is 17.8 Å². The van der Waals surface area contributed by atoms with Crippen LogP contribution in [0.4, 0.5) is 19.0 Å². The fraction of sp³-hybridized carbons (Fsp3) is 0.286. The standard InChI is InChI=1S/C14H14F3N3OS/c1-9-5-12(18)20-13(19-9)22-7-10-3-2-4-11(6-10)21-8-14(15,16)17/h2-6H,7-8H2,1H3,(H2,18,19,20). The molecule has 0 aliphatic heterocycles. The topological polar surface area (TPSA) is 61.0 Å². The number of thioether (sulfide) groups is 1. The number of nitrogens with two attached hydrogens (primary N) is 1. The van der Waals surface area contributed by atoms with Crippen molar-refractivity contribution in [2.45, 2.75) is 24.0 Å². The molecule has 0 saturated heterocycles. The fourth-order valence-electron chi connectivity index (χ4n) is 1.67. The summed E-state index contributed by atoms with van der Waals surface area (Å²) in [6, 6.07) is 8.16. The first-order valence-electron chi connectivity index (χ1n) is 6.34. The molecule has 4 nitrogen and oxygen atoms in total. The van der Waals surface area contributed by atoms with E-state index >= 15 is 0 Å². The number of anilines is 1. The number of aromatic nitrogens is 2. The number of benzene rings is 1. The van der Waals surface area contributed by atoms with E-state index in [0.29, 0.717) is 16.7 Å². The van der Waals surface area contributed by atoms with E-state index in [2.05, 4.69) is 9.97 Å². The fourth-order valence-corrected chi connectivity index (χ4v) is 2.52. The van der Waals surface area contributed by atoms with E-state index in [1.807, 2.05) is 6.92 Å². The first-order chi connectivity index (χ1) is 10.3. The first kappa shape index (κ1) is 16.4. The van der Waals surface area contributed by atoms with Gasteiger partial charge in [-0.2, -0.15) is 13.2 Å². The van der Waals surface area contributed by atoms with Crippen LogP contribution in [0.3, 0.4) is 0 Å². The molecular weight excluding hydrogens is 315 g/mol. The van der Waals surface area contributed by atoms with E-state index < -0.39 is 12.8 Å². The van der Waals surface area contributed by atoms with E-state index in [1.54, 1.807) is 24.3 Å². The Labute approximate surface area is 129 Å². The van der Waals surface area contributed by atoms with Gasteiger partial charge in [0.15, 0.2) is 11.8 Å². The minimum Gasteiger partial charge on any atom is -0.484 e. The lowest BCUT2D eigenvalue weighted by atomic mass is 10.2. The molecule has 0 atom stereocenters. The Hall–Kier alpha value is -1.96. The van der Waals surface area contributed by atoms with Gasteiger partial charge in [0.25, 0.3) is 0 Å². The molecule has 8 heteroatoms. The highest BCUT2D eigenvalue weighted by Gasteiger charge is 2.28. The lowest BCUT2D eigenvalue weighted by Gasteiger charge is -2.10. The van der Waals surface area contributed by atoms with Gasteiger partial charge >= 0.3 is 6.18 Å². The number of aryl methyl sites for hydroxylation is 1. The van der Waals surface area contributed by atoms with Crippen LogP contribution >= 0.6 is 11.8 Å². The maximum absolute atomic E-state index is 12.1. The molecule has 0 fully saturated rings. The molecule has 118 valence electrons. The molecule has 0 unspecified atom stereocenters. The third-order valence-corrected chi connectivity index (χ3v) is 3.44. The van der Waals surface area contributed by atoms with Crippen LogP contribution in [0.15, 0.2) is 35.5 Å². The summed E-state index contributed by atoms with van der Waals surface area (Å²) >= 11 is 1.35. The number of hydrogen-bond donors (Lipinski definition) is 1. The average molecular weight is 329 g/mol. The lowest BCUT2D eigenvalue weighted by Crippen LogP contribution is -2.19. The van der Waals surface area contributed by atoms with Gasteiger partial charge in [-0.05, 0) is 24.6 Å². The molecule has 0 amide bonds. The quantitative estimate of drug-likeness (QED) is 0.671. The smallest absolute Gasteiger partial charge is 0.422 e. The van der Waals surface area contributed by atoms with Crippen LogP contribution in [0.25, 0.3) is 0 Å². The Morgan fingerprint density at radius 1 is 1.23 bits per heavy atom. The molecule has 22 heavy (non-hydrogen) atoms. The number of ether oxygens (including phenoxy) is 1. The molecule has 2 N–H and O–H groups in total. The summed E-state index contributed by atoms with van der Waals surface area (Å²) in [5.74, 6) is 1.07. The molecule has 1 aromatic heterocycles. The molecule has 0 bridgehead atoms. The second-order valence-electron chi connectivity index (χ2n) is 4.56. The first-order valence-corrected chi connectivity index (χ1v) is 7.33. The Morgan fingerprint density at radius 3 is 2.68 bits per heavy atom. The predicted octanol–water partition coefficient (Wildman–Crippen LogP) is 3.60. The van der Waals surface area contributed by atoms with Gasteiger partial charge < -0.3 is 10.5 Å². The zero-order chi connectivity index (χ0) is 16.2. The van der Waals surface area contributed by atoms with Gasteiger partial charge in [-0.25, -0.2) is 9.97 Å². The zero-order valence-corrected chi connectivity index (χ0v) is 12.5. The van der Waals surface area contributed by atoms with E-state index in [9.17, 15) is 13.2 Å². The Balaban J connectivity index is 1.98. The van der Waals surface area contributed by atoms with Crippen molar-refractivity contribution < 1.29 is 17.9 Å². The van der Waals surface area contributed by atoms with Crippen molar-refractivity contribution >= 4 is 17.6 Å². The molecule has 0 saturated carbocycles. The summed E-state index contributed by atoms with van der Waals surface area (Å²) in [6.07, 6.45) is -4.35. The van der Waals surface area contributed by atoms with E-state index in [0.717, 1.165) is 11.3 Å². The molecule has 0 aliphatic carbocycles. The molecule has 1 aromatic carbocycles. The largest absolute Gasteiger partial charge is 0.484 e. The summed E-state index contributed by atoms with van der Waals surface area (Å²) in [4.78, 5) is 8.32. The summed E-state index contributed by atoms with van der Waals surface area (Å²) in [5, 5.41) is 0.527. The molecule has 0 spiro atoms. The molecule has 2 rings (SSSR count). The normalized spacial score (nSPS) is 11.5. The summed E-state index contributed by atoms with van der Waals surface area (Å²) in [5.41, 5.74) is 7.22. The summed E-state index contributed by atoms with van der Waals surface area (Å²) in [6.45, 7) is 0.509. The van der Waals surface area contributed by atoms with Crippen molar-refractivity contribution in [3.8, 4) is 5.75 Å². The number of alkyl halides is 3. The van der Waals surface area contributed by atoms with Crippen molar-refractivity contribution in [1.82, 2.24) is 9.97 Å². The van der Waals surface area contributed by atoms with E-state index in [4.69, 9.17) is 10.5 Å². The maximum atomic E-state index is 12.1. The third-order valence-electron chi connectivity index (χ3n) is 2.52. The molecule has 2 aromatic rings. The lowest BCUT2D eigenvalue weighted by molar-refractivity contribution is -0.153. The van der Waals surface area contributed by atoms with Gasteiger partial charge in [0.05, 0.1) is 0 Å². The van der Waals surface area contributed by atoms with Crippen molar-refractivity contribution in [2.24, 2.45) is 0 Å². The maximum Gasteiger partial charge on any atom is 0.422 e. The predicted molar refractivity (Wildman–Crippen MR) is 78.7 cm³/mol. The number of nitrogens with zero attached hydrogens (tertiary/aromatic N) is 2. The minimum atomic E-state index is -4.35. The van der Waals surface area contributed by atoms with Crippen LogP contribution in [-0.2, 0) is 5.75 Å². The second-order valence-corrected chi connectivity index (χ2v) is 5.50. The van der Waals surface area contributed by atoms with Gasteiger partial charge in [0.2, 0.25) is 0 Å². The Kier molecular flexibility index (Phi) is 5.12. The minimum absolute atomic E-state index is 0.181. The monoisotopic (exact) mass is 329 g/mol. The van der Waals surface area contributed by atoms with Gasteiger partial charge in [0, 0.05) is 17.5 Å². The van der Waals surface area contributed by atoms with Crippen LogP contribution in [0.5, 0.6) is 5.75 Å². The number of hydrogen-bond acceptors (Lipinski definition) is 5. The molecule has 0 radical (unpaired) electrons. The summed E-state index contributed by atoms with van der Waals surface area (Å²) in [7, 11) is 0. The average Bonchev–Trinajstić information content (AvgIpc) is 2.42. The zero-order valence-electron chi connectivity index (χ0n) is 11.7. The summed E-state index contributed by atoms with van der Waals surface area (Å²) < 4.78 is 41.1. The van der Waals surface area contributed by atoms with Gasteiger partial charge in [0.1, 0.15) is 11.6 Å². The SMILES string of the molecule is Cc1cc(N)nc(SCc2cccc(OCC(F)(F)F)c2)n1. The Bertz CT molecular complexity index is 629. The highest BCUT2D eigenvalue weighted by atomic mass is 32.2. The van der Waals surface area contributed by atoms with Crippen LogP contribution in [0.2, 0.25) is 0 Å². The van der Waals surface area contributed by atoms with Crippen molar-refractivity contribution in [3.05, 3.63) is 41.6 Å². The number of halogens is 3. The molecule has 1 heterocycles. The van der Waals surface area contributed by atoms with Gasteiger partial charge in [-0.15, -0.1) is 0 Å². The third kappa shape index (κ3) is 5.44. The highest BCUT2D eigenvalue weighted by molar-refractivity contribution is 7.98. The second kappa shape index (κ2) is 6.87. The van der Waals surface area contributed by atoms with Crippen LogP contribution in [0, 0.1) is 6.92 Å². The van der Waals surface area contributed by atoms with Crippen molar-refractivity contribution in [1.29, 1.82) is 0 Å². The number of nitrogen functional groups attached to an aromatic ring is 1. The van der Waals surface area contributed by atoms with Crippen molar-refractivity contribution in [3.63, 3.8) is 0 Å². The Morgan fingerprint density at radius 2 is 2.00 bits per heavy atom. The van der Waals surface area contributed by atoms with E-state index in [-0.39, 0.29) is 5.75 Å². The molecular formula is C14H14F3N3OS. The van der Waals surface area contributed by atoms with Crippen LogP contribution < -0.4 is 10.5 Å². The number of rotatable bonds is 5. The van der Waals surface area contributed by atoms with Gasteiger partial charge in [-0.1, -0.05) is 23.9 Å². The van der Waals surface area contributed by atoms with Gasteiger partial charge in [-0.3, -0.25) is 0 Å². The highest BCUT2D eigenvalue weighted by Crippen LogP contribution is 2.24. The van der Waals surface area contributed by atoms with Crippen molar-refractivity contribution in [2.75, 3.05) is 12.3 Å². The van der Waals surface area contributed by atoms with Crippen LogP contribution in [0.1, 0.15) is 11.3 Å².